The summed E-state index contributed by atoms with van der Waals surface area (Å²) in [4.78, 5) is 10.4. The Morgan fingerprint density at radius 1 is 1.07 bits per heavy atom. The highest BCUT2D eigenvalue weighted by Crippen LogP contribution is 2.22. The fourth-order valence-electron chi connectivity index (χ4n) is 4.40. The number of para-hydroxylation sites is 2. The smallest absolute Gasteiger partial charge is 0.191 e. The Morgan fingerprint density at radius 2 is 1.87 bits per heavy atom. The van der Waals surface area contributed by atoms with Crippen LogP contribution in [0.2, 0.25) is 0 Å². The molecule has 0 saturated carbocycles. The average molecular weight is 404 g/mol. The van der Waals surface area contributed by atoms with Crippen LogP contribution in [0.5, 0.6) is 0 Å². The molecule has 1 aliphatic heterocycles. The van der Waals surface area contributed by atoms with Gasteiger partial charge in [0.1, 0.15) is 0 Å². The van der Waals surface area contributed by atoms with Crippen molar-refractivity contribution in [2.45, 2.75) is 38.6 Å². The molecule has 0 amide bonds. The second-order valence-corrected chi connectivity index (χ2v) is 8.00. The molecular weight excluding hydrogens is 370 g/mol. The van der Waals surface area contributed by atoms with Crippen molar-refractivity contribution in [3.05, 3.63) is 65.9 Å². The van der Waals surface area contributed by atoms with Crippen LogP contribution in [0.1, 0.15) is 30.9 Å². The number of hydrogen-bond acceptors (Lipinski definition) is 2. The molecule has 1 aliphatic rings. The second-order valence-electron chi connectivity index (χ2n) is 8.00. The molecule has 4 rings (SSSR count). The molecule has 158 valence electrons. The van der Waals surface area contributed by atoms with Crippen molar-refractivity contribution < 1.29 is 0 Å². The molecule has 3 N–H and O–H groups in total. The molecule has 3 aromatic rings. The van der Waals surface area contributed by atoms with Gasteiger partial charge in [0.25, 0.3) is 0 Å². The zero-order valence-electron chi connectivity index (χ0n) is 18.1. The molecule has 1 saturated heterocycles. The van der Waals surface area contributed by atoms with Crippen molar-refractivity contribution in [1.82, 2.24) is 15.6 Å². The third kappa shape index (κ3) is 4.61. The lowest BCUT2D eigenvalue weighted by atomic mass is 10.0. The molecule has 0 atom stereocenters. The predicted molar refractivity (Wildman–Crippen MR) is 128 cm³/mol. The summed E-state index contributed by atoms with van der Waals surface area (Å²) in [6.07, 6.45) is 6.42. The van der Waals surface area contributed by atoms with Gasteiger partial charge in [-0.25, -0.2) is 0 Å². The maximum Gasteiger partial charge on any atom is 0.191 e. The number of benzene rings is 2. The lowest BCUT2D eigenvalue weighted by Crippen LogP contribution is -2.49. The van der Waals surface area contributed by atoms with Crippen LogP contribution in [0.3, 0.4) is 0 Å². The van der Waals surface area contributed by atoms with E-state index in [4.69, 9.17) is 0 Å². The van der Waals surface area contributed by atoms with Gasteiger partial charge in [0.2, 0.25) is 0 Å². The minimum atomic E-state index is 0.469. The number of aliphatic imine (C=N–C) groups is 1. The van der Waals surface area contributed by atoms with Crippen LogP contribution in [-0.4, -0.2) is 43.7 Å². The maximum atomic E-state index is 4.44. The van der Waals surface area contributed by atoms with E-state index >= 15 is 0 Å². The molecule has 2 heterocycles. The number of guanidine groups is 1. The largest absolute Gasteiger partial charge is 0.371 e. The molecule has 0 radical (unpaired) electrons. The first-order chi connectivity index (χ1) is 14.8. The molecule has 0 spiro atoms. The van der Waals surface area contributed by atoms with Crippen molar-refractivity contribution in [1.29, 1.82) is 0 Å². The van der Waals surface area contributed by atoms with E-state index in [1.807, 2.05) is 7.05 Å². The lowest BCUT2D eigenvalue weighted by Gasteiger charge is -2.34. The summed E-state index contributed by atoms with van der Waals surface area (Å²) >= 11 is 0. The van der Waals surface area contributed by atoms with Crippen LogP contribution in [0, 0.1) is 0 Å². The fraction of sp³-hybridized carbons (Fsp3) is 0.400. The summed E-state index contributed by atoms with van der Waals surface area (Å²) in [6, 6.07) is 17.7. The predicted octanol–water partition coefficient (Wildman–Crippen LogP) is 4.11. The maximum absolute atomic E-state index is 4.44. The minimum Gasteiger partial charge on any atom is -0.371 e. The van der Waals surface area contributed by atoms with Gasteiger partial charge in [0.15, 0.2) is 5.96 Å². The third-order valence-corrected chi connectivity index (χ3v) is 6.14. The topological polar surface area (TPSA) is 55.5 Å². The molecule has 5 heteroatoms. The van der Waals surface area contributed by atoms with E-state index in [1.165, 1.54) is 27.7 Å². The zero-order chi connectivity index (χ0) is 20.8. The lowest BCUT2D eigenvalue weighted by molar-refractivity contribution is 0.461. The van der Waals surface area contributed by atoms with Crippen molar-refractivity contribution in [2.24, 2.45) is 4.99 Å². The van der Waals surface area contributed by atoms with E-state index in [-0.39, 0.29) is 0 Å². The van der Waals surface area contributed by atoms with E-state index in [9.17, 15) is 0 Å². The quantitative estimate of drug-likeness (QED) is 0.429. The van der Waals surface area contributed by atoms with Gasteiger partial charge in [-0.15, -0.1) is 0 Å². The van der Waals surface area contributed by atoms with E-state index in [0.717, 1.165) is 51.3 Å². The van der Waals surface area contributed by atoms with Gasteiger partial charge in [0, 0.05) is 55.5 Å². The Balaban J connectivity index is 1.26. The van der Waals surface area contributed by atoms with Crippen molar-refractivity contribution >= 4 is 22.5 Å². The van der Waals surface area contributed by atoms with Gasteiger partial charge in [-0.3, -0.25) is 4.99 Å². The number of nitrogens with one attached hydrogen (secondary N) is 3. The number of piperidine rings is 1. The van der Waals surface area contributed by atoms with Crippen LogP contribution < -0.4 is 15.5 Å². The van der Waals surface area contributed by atoms with Crippen LogP contribution in [0.4, 0.5) is 5.69 Å². The molecule has 1 aromatic heterocycles. The van der Waals surface area contributed by atoms with E-state index in [1.54, 1.807) is 0 Å². The fourth-order valence-corrected chi connectivity index (χ4v) is 4.40. The molecule has 0 bridgehead atoms. The van der Waals surface area contributed by atoms with Gasteiger partial charge >= 0.3 is 0 Å². The molecule has 2 aromatic carbocycles. The molecule has 0 unspecified atom stereocenters. The van der Waals surface area contributed by atoms with Crippen molar-refractivity contribution in [3.8, 4) is 0 Å². The summed E-state index contributed by atoms with van der Waals surface area (Å²) in [6.45, 7) is 5.23. The average Bonchev–Trinajstić information content (AvgIpc) is 3.22. The number of rotatable bonds is 6. The molecule has 1 fully saturated rings. The van der Waals surface area contributed by atoms with Crippen molar-refractivity contribution in [2.75, 3.05) is 31.6 Å². The summed E-state index contributed by atoms with van der Waals surface area (Å²) in [5, 5.41) is 8.46. The minimum absolute atomic E-state index is 0.469. The van der Waals surface area contributed by atoms with Gasteiger partial charge in [-0.05, 0) is 48.9 Å². The van der Waals surface area contributed by atoms with Crippen LogP contribution >= 0.6 is 0 Å². The standard InChI is InChI=1S/C25H33N5/c1-3-19-8-7-11-23-20(18-28-24(19)23)12-15-27-25(26-2)29-21-13-16-30(17-14-21)22-9-5-4-6-10-22/h4-11,18,21,28H,3,12-17H2,1-2H3,(H2,26,27,29). The highest BCUT2D eigenvalue weighted by Gasteiger charge is 2.20. The number of aryl methyl sites for hydroxylation is 1. The van der Waals surface area contributed by atoms with Gasteiger partial charge in [-0.1, -0.05) is 43.3 Å². The van der Waals surface area contributed by atoms with E-state index in [2.05, 4.69) is 87.2 Å². The highest BCUT2D eigenvalue weighted by atomic mass is 15.2. The van der Waals surface area contributed by atoms with E-state index < -0.39 is 0 Å². The number of fused-ring (bicyclic) bond motifs is 1. The Hall–Kier alpha value is -2.95. The normalized spacial score (nSPS) is 15.5. The van der Waals surface area contributed by atoms with Crippen LogP contribution in [-0.2, 0) is 12.8 Å². The van der Waals surface area contributed by atoms with Crippen molar-refractivity contribution in [3.63, 3.8) is 0 Å². The van der Waals surface area contributed by atoms with Gasteiger partial charge in [-0.2, -0.15) is 0 Å². The SMILES string of the molecule is CCc1cccc2c(CCNC(=NC)NC3CCN(c4ccccc4)CC3)c[nH]c12. The van der Waals surface area contributed by atoms with Gasteiger partial charge in [0.05, 0.1) is 0 Å². The number of aromatic nitrogens is 1. The number of aromatic amines is 1. The number of nitrogens with zero attached hydrogens (tertiary/aromatic N) is 2. The summed E-state index contributed by atoms with van der Waals surface area (Å²) in [5.41, 5.74) is 5.34. The Labute approximate surface area is 179 Å². The highest BCUT2D eigenvalue weighted by molar-refractivity contribution is 5.86. The van der Waals surface area contributed by atoms with Crippen LogP contribution in [0.25, 0.3) is 10.9 Å². The Morgan fingerprint density at radius 3 is 2.60 bits per heavy atom. The summed E-state index contributed by atoms with van der Waals surface area (Å²) < 4.78 is 0. The first kappa shape index (κ1) is 20.3. The summed E-state index contributed by atoms with van der Waals surface area (Å²) in [5.74, 6) is 0.905. The summed E-state index contributed by atoms with van der Waals surface area (Å²) in [7, 11) is 1.85. The molecule has 30 heavy (non-hydrogen) atoms. The first-order valence-electron chi connectivity index (χ1n) is 11.1. The Kier molecular flexibility index (Phi) is 6.57. The van der Waals surface area contributed by atoms with Gasteiger partial charge < -0.3 is 20.5 Å². The third-order valence-electron chi connectivity index (χ3n) is 6.14. The monoisotopic (exact) mass is 403 g/mol. The number of H-pyrrole nitrogens is 1. The molecule has 5 nitrogen and oxygen atoms in total. The van der Waals surface area contributed by atoms with Crippen LogP contribution in [0.15, 0.2) is 59.7 Å². The first-order valence-corrected chi connectivity index (χ1v) is 11.1. The number of hydrogen-bond donors (Lipinski definition) is 3. The molecular formula is C25H33N5. The Bertz CT molecular complexity index is 968. The van der Waals surface area contributed by atoms with E-state index in [0.29, 0.717) is 6.04 Å². The second kappa shape index (κ2) is 9.70. The number of anilines is 1. The zero-order valence-corrected chi connectivity index (χ0v) is 18.1. The molecule has 0 aliphatic carbocycles.